The van der Waals surface area contributed by atoms with Crippen LogP contribution in [0.3, 0.4) is 0 Å². The fraction of sp³-hybridized carbons (Fsp3) is 0.611. The highest BCUT2D eigenvalue weighted by molar-refractivity contribution is 5.84. The SMILES string of the molecule is CC(C)(CCCN)CNC(=O)C1CCCc2ccccc21. The summed E-state index contributed by atoms with van der Waals surface area (Å²) in [6.07, 6.45) is 5.22. The van der Waals surface area contributed by atoms with Crippen molar-refractivity contribution in [2.45, 2.75) is 51.9 Å². The van der Waals surface area contributed by atoms with Crippen LogP contribution in [0.2, 0.25) is 0 Å². The van der Waals surface area contributed by atoms with E-state index in [1.165, 1.54) is 11.1 Å². The van der Waals surface area contributed by atoms with Crippen LogP contribution in [0.1, 0.15) is 56.6 Å². The number of carbonyl (C=O) groups is 1. The Bertz CT molecular complexity index is 482. The molecule has 1 aromatic carbocycles. The van der Waals surface area contributed by atoms with E-state index in [4.69, 9.17) is 5.73 Å². The highest BCUT2D eigenvalue weighted by Gasteiger charge is 2.27. The van der Waals surface area contributed by atoms with Crippen LogP contribution in [-0.2, 0) is 11.2 Å². The molecule has 1 aromatic rings. The molecule has 3 nitrogen and oxygen atoms in total. The molecule has 1 aliphatic rings. The van der Waals surface area contributed by atoms with Crippen LogP contribution in [0.25, 0.3) is 0 Å². The number of amides is 1. The third kappa shape index (κ3) is 4.31. The Morgan fingerprint density at radius 2 is 2.14 bits per heavy atom. The molecule has 21 heavy (non-hydrogen) atoms. The van der Waals surface area contributed by atoms with Gasteiger partial charge in [-0.3, -0.25) is 4.79 Å². The minimum atomic E-state index is 0.0280. The van der Waals surface area contributed by atoms with Gasteiger partial charge in [0.25, 0.3) is 0 Å². The van der Waals surface area contributed by atoms with Gasteiger partial charge < -0.3 is 11.1 Å². The zero-order chi connectivity index (χ0) is 15.3. The molecule has 116 valence electrons. The first-order valence-corrected chi connectivity index (χ1v) is 8.09. The lowest BCUT2D eigenvalue weighted by molar-refractivity contribution is -0.123. The summed E-state index contributed by atoms with van der Waals surface area (Å²) < 4.78 is 0. The largest absolute Gasteiger partial charge is 0.355 e. The van der Waals surface area contributed by atoms with Crippen molar-refractivity contribution in [1.82, 2.24) is 5.32 Å². The minimum Gasteiger partial charge on any atom is -0.355 e. The first-order chi connectivity index (χ1) is 10.0. The molecule has 0 radical (unpaired) electrons. The molecule has 0 bridgehead atoms. The number of benzene rings is 1. The van der Waals surface area contributed by atoms with E-state index in [1.807, 2.05) is 6.07 Å². The number of carbonyl (C=O) groups excluding carboxylic acids is 1. The highest BCUT2D eigenvalue weighted by Crippen LogP contribution is 2.31. The van der Waals surface area contributed by atoms with E-state index >= 15 is 0 Å². The first-order valence-electron chi connectivity index (χ1n) is 8.09. The summed E-state index contributed by atoms with van der Waals surface area (Å²) in [4.78, 5) is 12.5. The van der Waals surface area contributed by atoms with E-state index in [0.717, 1.165) is 38.6 Å². The smallest absolute Gasteiger partial charge is 0.227 e. The van der Waals surface area contributed by atoms with Gasteiger partial charge in [0.1, 0.15) is 0 Å². The van der Waals surface area contributed by atoms with Crippen molar-refractivity contribution in [3.8, 4) is 0 Å². The number of nitrogens with two attached hydrogens (primary N) is 1. The Morgan fingerprint density at radius 1 is 1.38 bits per heavy atom. The molecule has 0 aliphatic heterocycles. The van der Waals surface area contributed by atoms with Crippen LogP contribution in [-0.4, -0.2) is 19.0 Å². The summed E-state index contributed by atoms with van der Waals surface area (Å²) in [7, 11) is 0. The van der Waals surface area contributed by atoms with Gasteiger partial charge in [-0.15, -0.1) is 0 Å². The molecule has 0 fully saturated rings. The highest BCUT2D eigenvalue weighted by atomic mass is 16.1. The molecular formula is C18H28N2O. The van der Waals surface area contributed by atoms with E-state index < -0.39 is 0 Å². The second-order valence-electron chi connectivity index (χ2n) is 6.92. The van der Waals surface area contributed by atoms with E-state index in [-0.39, 0.29) is 17.2 Å². The molecule has 0 aromatic heterocycles. The quantitative estimate of drug-likeness (QED) is 0.845. The number of hydrogen-bond donors (Lipinski definition) is 2. The van der Waals surface area contributed by atoms with Crippen molar-refractivity contribution in [1.29, 1.82) is 0 Å². The summed E-state index contributed by atoms with van der Waals surface area (Å²) >= 11 is 0. The van der Waals surface area contributed by atoms with Crippen molar-refractivity contribution in [2.24, 2.45) is 11.1 Å². The predicted molar refractivity (Wildman–Crippen MR) is 87.2 cm³/mol. The molecule has 0 heterocycles. The van der Waals surface area contributed by atoms with Gasteiger partial charge in [-0.05, 0) is 55.2 Å². The van der Waals surface area contributed by atoms with E-state index in [1.54, 1.807) is 0 Å². The summed E-state index contributed by atoms with van der Waals surface area (Å²) in [5.74, 6) is 0.211. The van der Waals surface area contributed by atoms with Crippen molar-refractivity contribution < 1.29 is 4.79 Å². The molecular weight excluding hydrogens is 260 g/mol. The van der Waals surface area contributed by atoms with Crippen LogP contribution in [0.15, 0.2) is 24.3 Å². The lowest BCUT2D eigenvalue weighted by atomic mass is 9.82. The molecule has 1 aliphatic carbocycles. The van der Waals surface area contributed by atoms with Crippen LogP contribution in [0.4, 0.5) is 0 Å². The zero-order valence-corrected chi connectivity index (χ0v) is 13.3. The second kappa shape index (κ2) is 7.08. The molecule has 1 amide bonds. The van der Waals surface area contributed by atoms with Crippen LogP contribution < -0.4 is 11.1 Å². The average molecular weight is 288 g/mol. The third-order valence-electron chi connectivity index (χ3n) is 4.48. The van der Waals surface area contributed by atoms with E-state index in [9.17, 15) is 4.79 Å². The first kappa shape index (κ1) is 16.0. The van der Waals surface area contributed by atoms with Gasteiger partial charge in [-0.1, -0.05) is 38.1 Å². The zero-order valence-electron chi connectivity index (χ0n) is 13.3. The minimum absolute atomic E-state index is 0.0280. The molecule has 1 unspecified atom stereocenters. The van der Waals surface area contributed by atoms with Gasteiger partial charge in [0.15, 0.2) is 0 Å². The number of rotatable bonds is 6. The normalized spacial score (nSPS) is 18.1. The standard InChI is InChI=1S/C18H28N2O/c1-18(2,11-6-12-19)13-20-17(21)16-10-5-8-14-7-3-4-9-15(14)16/h3-4,7,9,16H,5-6,8,10-13,19H2,1-2H3,(H,20,21). The molecule has 2 rings (SSSR count). The Morgan fingerprint density at radius 3 is 2.90 bits per heavy atom. The van der Waals surface area contributed by atoms with E-state index in [2.05, 4.69) is 37.4 Å². The van der Waals surface area contributed by atoms with Crippen LogP contribution in [0, 0.1) is 5.41 Å². The lowest BCUT2D eigenvalue weighted by Gasteiger charge is -2.28. The Kier molecular flexibility index (Phi) is 5.40. The van der Waals surface area contributed by atoms with Crippen molar-refractivity contribution >= 4 is 5.91 Å². The maximum absolute atomic E-state index is 12.5. The topological polar surface area (TPSA) is 55.1 Å². The Labute approximate surface area is 128 Å². The molecule has 1 atom stereocenters. The predicted octanol–water partition coefficient (Wildman–Crippen LogP) is 2.99. The number of aryl methyl sites for hydroxylation is 1. The Hall–Kier alpha value is -1.35. The maximum Gasteiger partial charge on any atom is 0.227 e. The third-order valence-corrected chi connectivity index (χ3v) is 4.48. The van der Waals surface area contributed by atoms with E-state index in [0.29, 0.717) is 6.54 Å². The van der Waals surface area contributed by atoms with Gasteiger partial charge in [-0.25, -0.2) is 0 Å². The van der Waals surface area contributed by atoms with Crippen molar-refractivity contribution in [3.05, 3.63) is 35.4 Å². The fourth-order valence-electron chi connectivity index (χ4n) is 3.14. The van der Waals surface area contributed by atoms with Gasteiger partial charge in [0.05, 0.1) is 5.92 Å². The van der Waals surface area contributed by atoms with Gasteiger partial charge in [-0.2, -0.15) is 0 Å². The molecule has 0 saturated carbocycles. The second-order valence-corrected chi connectivity index (χ2v) is 6.92. The van der Waals surface area contributed by atoms with Crippen LogP contribution in [0.5, 0.6) is 0 Å². The number of fused-ring (bicyclic) bond motifs is 1. The maximum atomic E-state index is 12.5. The van der Waals surface area contributed by atoms with Gasteiger partial charge in [0, 0.05) is 6.54 Å². The summed E-state index contributed by atoms with van der Waals surface area (Å²) in [5.41, 5.74) is 8.25. The molecule has 0 saturated heterocycles. The van der Waals surface area contributed by atoms with Gasteiger partial charge in [0.2, 0.25) is 5.91 Å². The number of hydrogen-bond acceptors (Lipinski definition) is 2. The summed E-state index contributed by atoms with van der Waals surface area (Å²) in [6, 6.07) is 8.36. The lowest BCUT2D eigenvalue weighted by Crippen LogP contribution is -2.38. The number of nitrogens with one attached hydrogen (secondary N) is 1. The van der Waals surface area contributed by atoms with Crippen molar-refractivity contribution in [3.63, 3.8) is 0 Å². The molecule has 0 spiro atoms. The molecule has 3 N–H and O–H groups in total. The van der Waals surface area contributed by atoms with Crippen LogP contribution >= 0.6 is 0 Å². The molecule has 3 heteroatoms. The average Bonchev–Trinajstić information content (AvgIpc) is 2.50. The summed E-state index contributed by atoms with van der Waals surface area (Å²) in [6.45, 7) is 5.83. The van der Waals surface area contributed by atoms with Crippen molar-refractivity contribution in [2.75, 3.05) is 13.1 Å². The Balaban J connectivity index is 1.96. The van der Waals surface area contributed by atoms with Gasteiger partial charge >= 0.3 is 0 Å². The summed E-state index contributed by atoms with van der Waals surface area (Å²) in [5, 5.41) is 3.16. The monoisotopic (exact) mass is 288 g/mol. The fourth-order valence-corrected chi connectivity index (χ4v) is 3.14.